The Morgan fingerprint density at radius 2 is 2.12 bits per heavy atom. The number of nitrogens with zero attached hydrogens (tertiary/aromatic N) is 3. The molecule has 3 N–H and O–H groups in total. The Balaban J connectivity index is 0.00000288. The summed E-state index contributed by atoms with van der Waals surface area (Å²) in [6, 6.07) is 4.01. The van der Waals surface area contributed by atoms with Gasteiger partial charge < -0.3 is 20.7 Å². The van der Waals surface area contributed by atoms with Crippen LogP contribution in [0.1, 0.15) is 38.2 Å². The van der Waals surface area contributed by atoms with Crippen LogP contribution in [0.25, 0.3) is 0 Å². The topological polar surface area (TPSA) is 75.8 Å². The van der Waals surface area contributed by atoms with Gasteiger partial charge in [-0.3, -0.25) is 0 Å². The first-order valence-electron chi connectivity index (χ1n) is 8.61. The van der Waals surface area contributed by atoms with E-state index in [2.05, 4.69) is 33.2 Å². The molecular weight excluding hydrogens is 417 g/mol. The first-order chi connectivity index (χ1) is 11.3. The number of guanidine groups is 1. The van der Waals surface area contributed by atoms with Crippen LogP contribution in [0.3, 0.4) is 0 Å². The lowest BCUT2D eigenvalue weighted by Crippen LogP contribution is -2.37. The van der Waals surface area contributed by atoms with Crippen LogP contribution in [-0.4, -0.2) is 43.8 Å². The number of nitrogens with two attached hydrogens (primary N) is 1. The Hall–Kier alpha value is -1.09. The summed E-state index contributed by atoms with van der Waals surface area (Å²) in [5, 5.41) is 3.18. The average molecular weight is 447 g/mol. The van der Waals surface area contributed by atoms with Crippen LogP contribution < -0.4 is 16.0 Å². The number of unbranched alkanes of at least 4 members (excludes halogenated alkanes) is 3. The van der Waals surface area contributed by atoms with Crippen LogP contribution in [0.4, 0.5) is 5.82 Å². The molecule has 0 radical (unpaired) electrons. The van der Waals surface area contributed by atoms with Crippen LogP contribution in [-0.2, 0) is 11.3 Å². The lowest BCUT2D eigenvalue weighted by Gasteiger charge is -2.29. The number of halogens is 1. The van der Waals surface area contributed by atoms with E-state index in [1.807, 2.05) is 12.3 Å². The van der Waals surface area contributed by atoms with Gasteiger partial charge in [0, 0.05) is 31.4 Å². The van der Waals surface area contributed by atoms with Crippen LogP contribution in [0.5, 0.6) is 0 Å². The molecule has 2 rings (SSSR count). The zero-order valence-electron chi connectivity index (χ0n) is 14.5. The number of aromatic nitrogens is 1. The number of pyridine rings is 1. The van der Waals surface area contributed by atoms with Crippen LogP contribution in [0.2, 0.25) is 0 Å². The summed E-state index contributed by atoms with van der Waals surface area (Å²) in [6.45, 7) is 6.90. The number of hydrogen-bond donors (Lipinski definition) is 2. The van der Waals surface area contributed by atoms with Gasteiger partial charge in [0.05, 0.1) is 19.8 Å². The molecule has 6 nitrogen and oxygen atoms in total. The van der Waals surface area contributed by atoms with Crippen molar-refractivity contribution < 1.29 is 4.74 Å². The molecular formula is C17H30IN5O. The third kappa shape index (κ3) is 7.21. The molecule has 1 aliphatic rings. The highest BCUT2D eigenvalue weighted by molar-refractivity contribution is 14.0. The predicted octanol–water partition coefficient (Wildman–Crippen LogP) is 2.52. The number of aliphatic imine (C=N–C) groups is 1. The van der Waals surface area contributed by atoms with Crippen molar-refractivity contribution >= 4 is 35.8 Å². The van der Waals surface area contributed by atoms with Crippen LogP contribution in [0, 0.1) is 0 Å². The quantitative estimate of drug-likeness (QED) is 0.277. The van der Waals surface area contributed by atoms with E-state index in [9.17, 15) is 0 Å². The maximum absolute atomic E-state index is 5.95. The molecule has 0 bridgehead atoms. The number of morpholine rings is 1. The van der Waals surface area contributed by atoms with Gasteiger partial charge in [0.25, 0.3) is 0 Å². The van der Waals surface area contributed by atoms with Gasteiger partial charge in [0.15, 0.2) is 5.96 Å². The smallest absolute Gasteiger partial charge is 0.188 e. The lowest BCUT2D eigenvalue weighted by atomic mass is 10.2. The normalized spacial score (nSPS) is 15.0. The molecule has 0 atom stereocenters. The molecule has 7 heteroatoms. The molecule has 0 unspecified atom stereocenters. The molecule has 0 aromatic carbocycles. The van der Waals surface area contributed by atoms with E-state index in [-0.39, 0.29) is 24.0 Å². The van der Waals surface area contributed by atoms with E-state index < -0.39 is 0 Å². The fourth-order valence-electron chi connectivity index (χ4n) is 2.61. The highest BCUT2D eigenvalue weighted by Gasteiger charge is 2.15. The maximum atomic E-state index is 5.95. The second-order valence-electron chi connectivity index (χ2n) is 5.77. The second kappa shape index (κ2) is 12.3. The minimum absolute atomic E-state index is 0. The van der Waals surface area contributed by atoms with Gasteiger partial charge in [-0.1, -0.05) is 32.3 Å². The Morgan fingerprint density at radius 3 is 2.88 bits per heavy atom. The van der Waals surface area contributed by atoms with Crippen molar-refractivity contribution in [2.24, 2.45) is 10.7 Å². The number of nitrogens with one attached hydrogen (secondary N) is 1. The molecule has 0 aliphatic carbocycles. The van der Waals surface area contributed by atoms with Crippen molar-refractivity contribution in [2.45, 2.75) is 39.2 Å². The Bertz CT molecular complexity index is 492. The zero-order valence-corrected chi connectivity index (χ0v) is 16.9. The maximum Gasteiger partial charge on any atom is 0.188 e. The van der Waals surface area contributed by atoms with Crippen molar-refractivity contribution in [3.63, 3.8) is 0 Å². The summed E-state index contributed by atoms with van der Waals surface area (Å²) in [4.78, 5) is 11.2. The van der Waals surface area contributed by atoms with E-state index in [0.29, 0.717) is 12.5 Å². The van der Waals surface area contributed by atoms with Gasteiger partial charge in [-0.2, -0.15) is 0 Å². The second-order valence-corrected chi connectivity index (χ2v) is 5.77. The molecule has 1 aromatic rings. The van der Waals surface area contributed by atoms with E-state index in [0.717, 1.165) is 50.7 Å². The molecule has 0 amide bonds. The van der Waals surface area contributed by atoms with Crippen LogP contribution >= 0.6 is 24.0 Å². The van der Waals surface area contributed by atoms with Gasteiger partial charge in [0.2, 0.25) is 0 Å². The van der Waals surface area contributed by atoms with Gasteiger partial charge in [-0.05, 0) is 12.5 Å². The fourth-order valence-corrected chi connectivity index (χ4v) is 2.61. The van der Waals surface area contributed by atoms with Crippen LogP contribution in [0.15, 0.2) is 23.3 Å². The minimum atomic E-state index is 0. The molecule has 0 spiro atoms. The number of rotatable bonds is 8. The van der Waals surface area contributed by atoms with Crippen molar-refractivity contribution in [1.82, 2.24) is 10.3 Å². The van der Waals surface area contributed by atoms with E-state index in [1.165, 1.54) is 19.3 Å². The van der Waals surface area contributed by atoms with Crippen molar-refractivity contribution in [2.75, 3.05) is 37.7 Å². The van der Waals surface area contributed by atoms with Gasteiger partial charge in [-0.15, -0.1) is 24.0 Å². The SMILES string of the molecule is CCCCCCNC(N)=NCc1cccnc1N1CCOCC1.I. The molecule has 2 heterocycles. The van der Waals surface area contributed by atoms with Gasteiger partial charge >= 0.3 is 0 Å². The summed E-state index contributed by atoms with van der Waals surface area (Å²) < 4.78 is 5.40. The highest BCUT2D eigenvalue weighted by Crippen LogP contribution is 2.19. The average Bonchev–Trinajstić information content (AvgIpc) is 2.61. The minimum Gasteiger partial charge on any atom is -0.378 e. The molecule has 136 valence electrons. The zero-order chi connectivity index (χ0) is 16.3. The summed E-state index contributed by atoms with van der Waals surface area (Å²) in [5.74, 6) is 1.51. The molecule has 1 aliphatic heterocycles. The summed E-state index contributed by atoms with van der Waals surface area (Å²) >= 11 is 0. The summed E-state index contributed by atoms with van der Waals surface area (Å²) in [5.41, 5.74) is 7.05. The molecule has 24 heavy (non-hydrogen) atoms. The van der Waals surface area contributed by atoms with E-state index >= 15 is 0 Å². The predicted molar refractivity (Wildman–Crippen MR) is 110 cm³/mol. The van der Waals surface area contributed by atoms with Crippen molar-refractivity contribution in [1.29, 1.82) is 0 Å². The standard InChI is InChI=1S/C17H29N5O.HI/c1-2-3-4-5-8-20-17(18)21-14-15-7-6-9-19-16(15)22-10-12-23-13-11-22;/h6-7,9H,2-5,8,10-14H2,1H3,(H3,18,20,21);1H. The first kappa shape index (κ1) is 21.0. The monoisotopic (exact) mass is 447 g/mol. The highest BCUT2D eigenvalue weighted by atomic mass is 127. The van der Waals surface area contributed by atoms with E-state index in [1.54, 1.807) is 0 Å². The fraction of sp³-hybridized carbons (Fsp3) is 0.647. The first-order valence-corrected chi connectivity index (χ1v) is 8.61. The largest absolute Gasteiger partial charge is 0.378 e. The Labute approximate surface area is 162 Å². The lowest BCUT2D eigenvalue weighted by molar-refractivity contribution is 0.122. The van der Waals surface area contributed by atoms with Gasteiger partial charge in [-0.25, -0.2) is 9.98 Å². The third-order valence-corrected chi connectivity index (χ3v) is 3.93. The molecule has 1 saturated heterocycles. The number of hydrogen-bond acceptors (Lipinski definition) is 4. The summed E-state index contributed by atoms with van der Waals surface area (Å²) in [7, 11) is 0. The third-order valence-electron chi connectivity index (χ3n) is 3.93. The van der Waals surface area contributed by atoms with Gasteiger partial charge in [0.1, 0.15) is 5.82 Å². The number of ether oxygens (including phenoxy) is 1. The number of anilines is 1. The molecule has 0 saturated carbocycles. The Kier molecular flexibility index (Phi) is 10.7. The molecule has 1 fully saturated rings. The van der Waals surface area contributed by atoms with Crippen molar-refractivity contribution in [3.05, 3.63) is 23.9 Å². The van der Waals surface area contributed by atoms with Crippen molar-refractivity contribution in [3.8, 4) is 0 Å². The molecule has 1 aromatic heterocycles. The summed E-state index contributed by atoms with van der Waals surface area (Å²) in [6.07, 6.45) is 6.72. The van der Waals surface area contributed by atoms with E-state index in [4.69, 9.17) is 10.5 Å². The Morgan fingerprint density at radius 1 is 1.33 bits per heavy atom.